The Bertz CT molecular complexity index is 1440. The lowest BCUT2D eigenvalue weighted by atomic mass is 9.85. The van der Waals surface area contributed by atoms with E-state index in [-0.39, 0.29) is 12.8 Å². The number of aliphatic hydroxyl groups is 5. The number of hydrogen-bond donors (Lipinski definition) is 6. The first-order chi connectivity index (χ1) is 30.9. The van der Waals surface area contributed by atoms with Crippen LogP contribution in [0.5, 0.6) is 0 Å². The molecule has 14 heteroatoms. The SMILES string of the molecule is CC/C=C/C=C/C=C/C=C/CCCCCC(=O)OC(COC(=O)CCCCCCCCCCC/C=C/C/C=C/C/C=C/CCCCC)COP(=O)(O)OC1C(O)C(O)C(O)[C@H](O)C1O. The predicted molar refractivity (Wildman–Crippen MR) is 253 cm³/mol. The molecular formula is C50H83O13P. The lowest BCUT2D eigenvalue weighted by molar-refractivity contribution is -0.220. The largest absolute Gasteiger partial charge is 0.472 e. The van der Waals surface area contributed by atoms with Crippen LogP contribution in [0.3, 0.4) is 0 Å². The van der Waals surface area contributed by atoms with Crippen molar-refractivity contribution >= 4 is 19.8 Å². The number of rotatable bonds is 38. The van der Waals surface area contributed by atoms with Gasteiger partial charge in [0.15, 0.2) is 6.10 Å². The maximum absolute atomic E-state index is 12.8. The monoisotopic (exact) mass is 923 g/mol. The number of aliphatic hydroxyl groups excluding tert-OH is 5. The highest BCUT2D eigenvalue weighted by Crippen LogP contribution is 2.47. The summed E-state index contributed by atoms with van der Waals surface area (Å²) in [4.78, 5) is 35.7. The highest BCUT2D eigenvalue weighted by molar-refractivity contribution is 7.47. The number of hydrogen-bond acceptors (Lipinski definition) is 12. The van der Waals surface area contributed by atoms with Crippen molar-refractivity contribution in [3.05, 3.63) is 85.1 Å². The Kier molecular flexibility index (Phi) is 36.2. The number of phosphoric acid groups is 1. The second-order valence-electron chi connectivity index (χ2n) is 16.3. The van der Waals surface area contributed by atoms with Gasteiger partial charge in [0.05, 0.1) is 6.61 Å². The average molecular weight is 923 g/mol. The fourth-order valence-electron chi connectivity index (χ4n) is 6.72. The van der Waals surface area contributed by atoms with E-state index < -0.39 is 75.7 Å². The van der Waals surface area contributed by atoms with Crippen LogP contribution in [0.4, 0.5) is 0 Å². The molecule has 1 rings (SSSR count). The molecular weight excluding hydrogens is 840 g/mol. The standard InChI is InChI=1S/C50H83O13P/c1-3-5-7-9-11-13-15-17-18-19-20-21-22-23-24-25-27-28-30-32-34-36-38-43(51)60-40-42(41-61-64(58,59)63-50-48(56)46(54)45(53)47(55)49(50)57)62-44(52)39-37-35-33-31-29-26-16-14-12-10-8-6-4-2/h6,8,10-14,16-18,20-21,26,29,42,45-50,53-57H,3-5,7,9,15,19,22-25,27-28,30-41H2,1-2H3,(H,58,59)/b8-6+,12-10+,13-11+,16-14+,18-17+,21-20+,29-26+/t42?,45?,46-,47?,48?,49?,50?/m0/s1. The maximum atomic E-state index is 12.8. The van der Waals surface area contributed by atoms with Crippen molar-refractivity contribution in [3.63, 3.8) is 0 Å². The fraction of sp³-hybridized carbons (Fsp3) is 0.680. The van der Waals surface area contributed by atoms with E-state index in [1.807, 2.05) is 42.5 Å². The number of carbonyl (C=O) groups is 2. The summed E-state index contributed by atoms with van der Waals surface area (Å²) >= 11 is 0. The smallest absolute Gasteiger partial charge is 0.462 e. The molecule has 0 aliphatic heterocycles. The van der Waals surface area contributed by atoms with Gasteiger partial charge in [0, 0.05) is 12.8 Å². The Morgan fingerprint density at radius 3 is 1.52 bits per heavy atom. The van der Waals surface area contributed by atoms with Crippen molar-refractivity contribution in [3.8, 4) is 0 Å². The molecule has 1 aliphatic rings. The lowest BCUT2D eigenvalue weighted by Crippen LogP contribution is -2.64. The average Bonchev–Trinajstić information content (AvgIpc) is 3.28. The molecule has 0 aromatic carbocycles. The van der Waals surface area contributed by atoms with Crippen molar-refractivity contribution in [2.75, 3.05) is 13.2 Å². The van der Waals surface area contributed by atoms with Crippen molar-refractivity contribution in [1.82, 2.24) is 0 Å². The van der Waals surface area contributed by atoms with Crippen LogP contribution in [-0.4, -0.2) is 98.3 Å². The zero-order chi connectivity index (χ0) is 47.1. The highest BCUT2D eigenvalue weighted by atomic mass is 31.2. The highest BCUT2D eigenvalue weighted by Gasteiger charge is 2.51. The number of carbonyl (C=O) groups excluding carboxylic acids is 2. The summed E-state index contributed by atoms with van der Waals surface area (Å²) in [5, 5.41) is 50.2. The number of ether oxygens (including phenoxy) is 2. The molecule has 0 bridgehead atoms. The summed E-state index contributed by atoms with van der Waals surface area (Å²) in [7, 11) is -5.14. The first kappa shape index (κ1) is 59.0. The molecule has 6 N–H and O–H groups in total. The van der Waals surface area contributed by atoms with Gasteiger partial charge in [-0.2, -0.15) is 0 Å². The van der Waals surface area contributed by atoms with Crippen LogP contribution in [0.1, 0.15) is 162 Å². The van der Waals surface area contributed by atoms with E-state index >= 15 is 0 Å². The Hall–Kier alpha value is -2.97. The van der Waals surface area contributed by atoms with E-state index in [1.54, 1.807) is 0 Å². The molecule has 7 unspecified atom stereocenters. The maximum Gasteiger partial charge on any atom is 0.472 e. The predicted octanol–water partition coefficient (Wildman–Crippen LogP) is 9.67. The van der Waals surface area contributed by atoms with Crippen LogP contribution in [0, 0.1) is 0 Å². The number of phosphoric ester groups is 1. The first-order valence-electron chi connectivity index (χ1n) is 23.9. The normalized spacial score (nSPS) is 22.3. The Morgan fingerprint density at radius 2 is 0.953 bits per heavy atom. The van der Waals surface area contributed by atoms with Crippen molar-refractivity contribution in [2.24, 2.45) is 0 Å². The fourth-order valence-corrected chi connectivity index (χ4v) is 7.69. The molecule has 0 aromatic rings. The van der Waals surface area contributed by atoms with Crippen molar-refractivity contribution in [2.45, 2.75) is 204 Å². The zero-order valence-electron chi connectivity index (χ0n) is 38.8. The Balaban J connectivity index is 2.42. The molecule has 0 amide bonds. The minimum atomic E-state index is -5.14. The molecule has 0 aromatic heterocycles. The summed E-state index contributed by atoms with van der Waals surface area (Å²) < 4.78 is 33.5. The van der Waals surface area contributed by atoms with Crippen LogP contribution in [-0.2, 0) is 32.7 Å². The van der Waals surface area contributed by atoms with Crippen molar-refractivity contribution < 1.29 is 63.1 Å². The van der Waals surface area contributed by atoms with Gasteiger partial charge in [-0.15, -0.1) is 0 Å². The van der Waals surface area contributed by atoms with E-state index in [0.29, 0.717) is 12.8 Å². The molecule has 0 radical (unpaired) electrons. The Labute approximate surface area is 384 Å². The van der Waals surface area contributed by atoms with E-state index in [2.05, 4.69) is 56.4 Å². The summed E-state index contributed by atoms with van der Waals surface area (Å²) in [5.74, 6) is -1.16. The van der Waals surface area contributed by atoms with Gasteiger partial charge in [0.25, 0.3) is 0 Å². The molecule has 0 spiro atoms. The van der Waals surface area contributed by atoms with Crippen LogP contribution >= 0.6 is 7.82 Å². The van der Waals surface area contributed by atoms with Gasteiger partial charge in [0.1, 0.15) is 43.2 Å². The van der Waals surface area contributed by atoms with Crippen LogP contribution in [0.15, 0.2) is 85.1 Å². The second-order valence-corrected chi connectivity index (χ2v) is 17.7. The first-order valence-corrected chi connectivity index (χ1v) is 25.4. The number of esters is 2. The molecule has 366 valence electrons. The van der Waals surface area contributed by atoms with Crippen LogP contribution in [0.2, 0.25) is 0 Å². The molecule has 8 atom stereocenters. The molecule has 13 nitrogen and oxygen atoms in total. The van der Waals surface area contributed by atoms with E-state index in [1.165, 1.54) is 51.4 Å². The van der Waals surface area contributed by atoms with Gasteiger partial charge < -0.3 is 39.9 Å². The second kappa shape index (κ2) is 39.2. The minimum absolute atomic E-state index is 0.0449. The van der Waals surface area contributed by atoms with Gasteiger partial charge in [-0.25, -0.2) is 4.57 Å². The quantitative estimate of drug-likeness (QED) is 0.0112. The molecule has 0 saturated heterocycles. The zero-order valence-corrected chi connectivity index (χ0v) is 39.7. The summed E-state index contributed by atoms with van der Waals surface area (Å²) in [6.45, 7) is 3.08. The number of allylic oxidation sites excluding steroid dienone is 14. The third kappa shape index (κ3) is 31.0. The van der Waals surface area contributed by atoms with E-state index in [9.17, 15) is 44.6 Å². The lowest BCUT2D eigenvalue weighted by Gasteiger charge is -2.41. The Morgan fingerprint density at radius 1 is 0.516 bits per heavy atom. The van der Waals surface area contributed by atoms with Crippen LogP contribution < -0.4 is 0 Å². The third-order valence-corrected chi connectivity index (χ3v) is 11.6. The summed E-state index contributed by atoms with van der Waals surface area (Å²) in [6, 6.07) is 0. The van der Waals surface area contributed by atoms with E-state index in [0.717, 1.165) is 70.6 Å². The summed E-state index contributed by atoms with van der Waals surface area (Å²) in [5.41, 5.74) is 0. The number of unbranched alkanes of at least 4 members (excludes halogenated alkanes) is 15. The minimum Gasteiger partial charge on any atom is -0.462 e. The van der Waals surface area contributed by atoms with Gasteiger partial charge in [-0.1, -0.05) is 163 Å². The molecule has 0 heterocycles. The topological polar surface area (TPSA) is 210 Å². The molecule has 1 aliphatic carbocycles. The van der Waals surface area contributed by atoms with Gasteiger partial charge in [-0.3, -0.25) is 18.6 Å². The molecule has 64 heavy (non-hydrogen) atoms. The van der Waals surface area contributed by atoms with Crippen LogP contribution in [0.25, 0.3) is 0 Å². The summed E-state index contributed by atoms with van der Waals surface area (Å²) in [6.07, 6.45) is 37.8. The van der Waals surface area contributed by atoms with E-state index in [4.69, 9.17) is 18.5 Å². The third-order valence-electron chi connectivity index (χ3n) is 10.6. The van der Waals surface area contributed by atoms with Gasteiger partial charge in [-0.05, 0) is 70.6 Å². The molecule has 1 fully saturated rings. The van der Waals surface area contributed by atoms with Crippen molar-refractivity contribution in [1.29, 1.82) is 0 Å². The van der Waals surface area contributed by atoms with Gasteiger partial charge in [0.2, 0.25) is 0 Å². The molecule has 1 saturated carbocycles. The van der Waals surface area contributed by atoms with Gasteiger partial charge >= 0.3 is 19.8 Å².